The molecule has 13 heavy (non-hydrogen) atoms. The van der Waals surface area contributed by atoms with Crippen LogP contribution in [0, 0.1) is 0 Å². The Hall–Kier alpha value is -0.810. The zero-order chi connectivity index (χ0) is 9.26. The molecular formula is C9H9NO2S. The lowest BCUT2D eigenvalue weighted by Crippen LogP contribution is -2.22. The molecule has 1 heterocycles. The molecule has 1 aromatic rings. The molecule has 0 saturated carbocycles. The Morgan fingerprint density at radius 3 is 2.92 bits per heavy atom. The molecule has 1 aliphatic rings. The van der Waals surface area contributed by atoms with Gasteiger partial charge in [0.1, 0.15) is 0 Å². The van der Waals surface area contributed by atoms with Gasteiger partial charge in [0.2, 0.25) is 0 Å². The zero-order valence-electron chi connectivity index (χ0n) is 6.79. The Bertz CT molecular complexity index is 340. The number of fused-ring (bicyclic) bond motifs is 1. The third-order valence-corrected chi connectivity index (χ3v) is 2.76. The molecular weight excluding hydrogens is 186 g/mol. The number of aliphatic hydroxyl groups is 1. The fraction of sp³-hybridized carbons (Fsp3) is 0.111. The fourth-order valence-electron chi connectivity index (χ4n) is 1.12. The van der Waals surface area contributed by atoms with Crippen LogP contribution in [-0.2, 0) is 0 Å². The van der Waals surface area contributed by atoms with Crippen molar-refractivity contribution in [2.24, 2.45) is 0 Å². The van der Waals surface area contributed by atoms with Crippen LogP contribution in [0.3, 0.4) is 0 Å². The molecule has 0 aliphatic carbocycles. The van der Waals surface area contributed by atoms with Gasteiger partial charge in [0.15, 0.2) is 6.23 Å². The highest BCUT2D eigenvalue weighted by molar-refractivity contribution is 7.97. The van der Waals surface area contributed by atoms with Crippen LogP contribution in [0.25, 0.3) is 6.08 Å². The van der Waals surface area contributed by atoms with Crippen LogP contribution in [0.1, 0.15) is 5.56 Å². The van der Waals surface area contributed by atoms with Gasteiger partial charge in [-0.05, 0) is 29.7 Å². The van der Waals surface area contributed by atoms with E-state index in [4.69, 9.17) is 0 Å². The number of hydrogen-bond acceptors (Lipinski definition) is 4. The van der Waals surface area contributed by atoms with Gasteiger partial charge in [-0.15, -0.1) is 0 Å². The molecule has 0 aromatic heterocycles. The Morgan fingerprint density at radius 1 is 1.31 bits per heavy atom. The van der Waals surface area contributed by atoms with E-state index in [0.717, 1.165) is 26.9 Å². The first-order valence-electron chi connectivity index (χ1n) is 3.89. The molecule has 0 bridgehead atoms. The van der Waals surface area contributed by atoms with Crippen LogP contribution in [0.4, 0.5) is 0 Å². The number of rotatable bonds is 0. The Balaban J connectivity index is 2.40. The van der Waals surface area contributed by atoms with Crippen molar-refractivity contribution in [2.75, 3.05) is 0 Å². The topological polar surface area (TPSA) is 43.7 Å². The number of hydrogen-bond donors (Lipinski definition) is 2. The summed E-state index contributed by atoms with van der Waals surface area (Å²) in [4.78, 5) is 0.929. The third-order valence-electron chi connectivity index (χ3n) is 1.79. The lowest BCUT2D eigenvalue weighted by Gasteiger charge is -2.14. The molecule has 1 unspecified atom stereocenters. The monoisotopic (exact) mass is 195 g/mol. The van der Waals surface area contributed by atoms with Crippen LogP contribution in [-0.4, -0.2) is 21.0 Å². The van der Waals surface area contributed by atoms with Crippen LogP contribution in [0.15, 0.2) is 35.2 Å². The molecule has 3 nitrogen and oxygen atoms in total. The van der Waals surface area contributed by atoms with Gasteiger partial charge >= 0.3 is 0 Å². The standard InChI is InChI=1S/C9H9NO2S/c11-9-6-5-7-3-1-2-4-8(7)13-10(9)12/h1-6,9,11-12H. The molecule has 2 N–H and O–H groups in total. The number of hydroxylamine groups is 1. The largest absolute Gasteiger partial charge is 0.372 e. The minimum atomic E-state index is -0.947. The van der Waals surface area contributed by atoms with Crippen molar-refractivity contribution >= 4 is 18.0 Å². The van der Waals surface area contributed by atoms with Crippen molar-refractivity contribution in [2.45, 2.75) is 11.1 Å². The molecule has 0 spiro atoms. The second-order valence-corrected chi connectivity index (χ2v) is 3.70. The van der Waals surface area contributed by atoms with Crippen molar-refractivity contribution < 1.29 is 10.3 Å². The summed E-state index contributed by atoms with van der Waals surface area (Å²) in [5.74, 6) is 0. The quantitative estimate of drug-likeness (QED) is 0.619. The second-order valence-electron chi connectivity index (χ2n) is 2.70. The Labute approximate surface area is 80.4 Å². The molecule has 0 amide bonds. The number of aliphatic hydroxyl groups excluding tert-OH is 1. The minimum Gasteiger partial charge on any atom is -0.372 e. The molecule has 4 heteroatoms. The number of benzene rings is 1. The Morgan fingerprint density at radius 2 is 2.08 bits per heavy atom. The van der Waals surface area contributed by atoms with Gasteiger partial charge in [0.05, 0.1) is 0 Å². The van der Waals surface area contributed by atoms with E-state index in [-0.39, 0.29) is 0 Å². The van der Waals surface area contributed by atoms with Crippen molar-refractivity contribution in [3.63, 3.8) is 0 Å². The summed E-state index contributed by atoms with van der Waals surface area (Å²) in [6.45, 7) is 0. The van der Waals surface area contributed by atoms with Gasteiger partial charge in [-0.25, -0.2) is 0 Å². The van der Waals surface area contributed by atoms with Crippen molar-refractivity contribution in [3.05, 3.63) is 35.9 Å². The molecule has 0 saturated heterocycles. The Kier molecular flexibility index (Phi) is 2.37. The third kappa shape index (κ3) is 1.76. The molecule has 0 radical (unpaired) electrons. The van der Waals surface area contributed by atoms with E-state index in [1.54, 1.807) is 12.2 Å². The zero-order valence-corrected chi connectivity index (χ0v) is 7.61. The summed E-state index contributed by atoms with van der Waals surface area (Å²) in [7, 11) is 0. The highest BCUT2D eigenvalue weighted by atomic mass is 32.2. The molecule has 1 aliphatic heterocycles. The summed E-state index contributed by atoms with van der Waals surface area (Å²) in [6, 6.07) is 7.64. The molecule has 68 valence electrons. The summed E-state index contributed by atoms with van der Waals surface area (Å²) >= 11 is 1.12. The molecule has 0 fully saturated rings. The van der Waals surface area contributed by atoms with E-state index >= 15 is 0 Å². The van der Waals surface area contributed by atoms with Gasteiger partial charge in [0, 0.05) is 4.90 Å². The maximum Gasteiger partial charge on any atom is 0.160 e. The number of nitrogens with zero attached hydrogens (tertiary/aromatic N) is 1. The first kappa shape index (κ1) is 8.77. The summed E-state index contributed by atoms with van der Waals surface area (Å²) in [6.07, 6.45) is 2.39. The summed E-state index contributed by atoms with van der Waals surface area (Å²) in [5.41, 5.74) is 1.00. The van der Waals surface area contributed by atoms with E-state index in [1.165, 1.54) is 0 Å². The lowest BCUT2D eigenvalue weighted by molar-refractivity contribution is -0.0885. The SMILES string of the molecule is OC1C=Cc2ccccc2SN1O. The van der Waals surface area contributed by atoms with Crippen LogP contribution in [0.2, 0.25) is 0 Å². The predicted octanol–water partition coefficient (Wildman–Crippen LogP) is 1.73. The van der Waals surface area contributed by atoms with Gasteiger partial charge in [-0.1, -0.05) is 28.7 Å². The second kappa shape index (κ2) is 3.51. The van der Waals surface area contributed by atoms with Crippen LogP contribution >= 0.6 is 11.9 Å². The van der Waals surface area contributed by atoms with E-state index in [0.29, 0.717) is 0 Å². The van der Waals surface area contributed by atoms with Crippen molar-refractivity contribution in [1.29, 1.82) is 0 Å². The lowest BCUT2D eigenvalue weighted by atomic mass is 10.2. The van der Waals surface area contributed by atoms with E-state index in [1.807, 2.05) is 24.3 Å². The van der Waals surface area contributed by atoms with Gasteiger partial charge in [0.25, 0.3) is 0 Å². The minimum absolute atomic E-state index is 0.822. The fourth-order valence-corrected chi connectivity index (χ4v) is 1.88. The maximum absolute atomic E-state index is 9.30. The van der Waals surface area contributed by atoms with Crippen LogP contribution < -0.4 is 0 Å². The smallest absolute Gasteiger partial charge is 0.160 e. The van der Waals surface area contributed by atoms with Crippen molar-refractivity contribution in [1.82, 2.24) is 4.47 Å². The van der Waals surface area contributed by atoms with Gasteiger partial charge in [-0.3, -0.25) is 0 Å². The van der Waals surface area contributed by atoms with E-state index in [2.05, 4.69) is 0 Å². The highest BCUT2D eigenvalue weighted by Gasteiger charge is 2.16. The molecule has 1 aromatic carbocycles. The average molecular weight is 195 g/mol. The average Bonchev–Trinajstić information content (AvgIpc) is 2.28. The maximum atomic E-state index is 9.30. The highest BCUT2D eigenvalue weighted by Crippen LogP contribution is 2.29. The van der Waals surface area contributed by atoms with Gasteiger partial charge < -0.3 is 10.3 Å². The first-order chi connectivity index (χ1) is 6.27. The molecule has 2 rings (SSSR count). The predicted molar refractivity (Wildman–Crippen MR) is 51.0 cm³/mol. The van der Waals surface area contributed by atoms with Crippen LogP contribution in [0.5, 0.6) is 0 Å². The normalized spacial score (nSPS) is 22.5. The first-order valence-corrected chi connectivity index (χ1v) is 4.66. The molecule has 1 atom stereocenters. The van der Waals surface area contributed by atoms with Gasteiger partial charge in [-0.2, -0.15) is 0 Å². The summed E-state index contributed by atoms with van der Waals surface area (Å²) < 4.78 is 0.822. The summed E-state index contributed by atoms with van der Waals surface area (Å²) in [5, 5.41) is 18.6. The van der Waals surface area contributed by atoms with E-state index < -0.39 is 6.23 Å². The van der Waals surface area contributed by atoms with E-state index in [9.17, 15) is 10.3 Å². The van der Waals surface area contributed by atoms with Crippen molar-refractivity contribution in [3.8, 4) is 0 Å².